The van der Waals surface area contributed by atoms with Crippen LogP contribution < -0.4 is 15.5 Å². The van der Waals surface area contributed by atoms with Gasteiger partial charge in [0.15, 0.2) is 5.96 Å². The second-order valence-electron chi connectivity index (χ2n) is 7.93. The lowest BCUT2D eigenvalue weighted by Crippen LogP contribution is -2.48. The molecule has 2 aliphatic rings. The van der Waals surface area contributed by atoms with E-state index in [1.165, 1.54) is 25.9 Å². The van der Waals surface area contributed by atoms with Crippen LogP contribution in [0.3, 0.4) is 0 Å². The number of anilines is 1. The highest BCUT2D eigenvalue weighted by atomic mass is 35.5. The molecule has 7 heteroatoms. The second kappa shape index (κ2) is 9.60. The molecule has 3 rings (SSSR count). The van der Waals surface area contributed by atoms with Gasteiger partial charge in [-0.25, -0.2) is 4.98 Å². The standard InChI is InChI=1S/C20H33ClN6/c1-15(2)26-10-5-6-16(13-26)12-24-20(22-3)25-17-8-11-27(14-17)19-18(21)7-4-9-23-19/h4,7,9,15-17H,5-6,8,10-14H2,1-3H3,(H2,22,24,25). The molecular formula is C20H33ClN6. The summed E-state index contributed by atoms with van der Waals surface area (Å²) in [6.07, 6.45) is 5.44. The molecule has 0 bridgehead atoms. The number of likely N-dealkylation sites (tertiary alicyclic amines) is 1. The number of pyridine rings is 1. The van der Waals surface area contributed by atoms with Crippen LogP contribution in [0.4, 0.5) is 5.82 Å². The summed E-state index contributed by atoms with van der Waals surface area (Å²) >= 11 is 6.29. The first-order chi connectivity index (χ1) is 13.1. The van der Waals surface area contributed by atoms with Gasteiger partial charge in [-0.1, -0.05) is 11.6 Å². The predicted molar refractivity (Wildman–Crippen MR) is 114 cm³/mol. The summed E-state index contributed by atoms with van der Waals surface area (Å²) < 4.78 is 0. The number of guanidine groups is 1. The molecular weight excluding hydrogens is 360 g/mol. The number of rotatable bonds is 5. The van der Waals surface area contributed by atoms with E-state index in [2.05, 4.69) is 44.3 Å². The fourth-order valence-corrected chi connectivity index (χ4v) is 4.28. The van der Waals surface area contributed by atoms with Gasteiger partial charge in [0.05, 0.1) is 5.02 Å². The number of nitrogens with zero attached hydrogens (tertiary/aromatic N) is 4. The van der Waals surface area contributed by atoms with Crippen molar-refractivity contribution in [2.75, 3.05) is 44.7 Å². The minimum atomic E-state index is 0.354. The number of hydrogen-bond acceptors (Lipinski definition) is 4. The minimum Gasteiger partial charge on any atom is -0.356 e. The zero-order chi connectivity index (χ0) is 19.2. The van der Waals surface area contributed by atoms with Crippen molar-refractivity contribution in [2.24, 2.45) is 10.9 Å². The molecule has 2 unspecified atom stereocenters. The number of halogens is 1. The Morgan fingerprint density at radius 1 is 1.33 bits per heavy atom. The molecule has 0 amide bonds. The van der Waals surface area contributed by atoms with Gasteiger partial charge in [-0.3, -0.25) is 4.99 Å². The molecule has 1 aromatic heterocycles. The van der Waals surface area contributed by atoms with E-state index < -0.39 is 0 Å². The quantitative estimate of drug-likeness (QED) is 0.596. The van der Waals surface area contributed by atoms with Gasteiger partial charge < -0.3 is 20.4 Å². The van der Waals surface area contributed by atoms with Gasteiger partial charge in [0.2, 0.25) is 0 Å². The molecule has 2 fully saturated rings. The van der Waals surface area contributed by atoms with Crippen LogP contribution in [0, 0.1) is 5.92 Å². The fraction of sp³-hybridized carbons (Fsp3) is 0.700. The van der Waals surface area contributed by atoms with Crippen molar-refractivity contribution in [2.45, 2.75) is 45.2 Å². The Balaban J connectivity index is 1.46. The van der Waals surface area contributed by atoms with E-state index in [0.29, 0.717) is 23.0 Å². The summed E-state index contributed by atoms with van der Waals surface area (Å²) in [6.45, 7) is 9.81. The van der Waals surface area contributed by atoms with Gasteiger partial charge in [-0.2, -0.15) is 0 Å². The topological polar surface area (TPSA) is 55.8 Å². The van der Waals surface area contributed by atoms with Crippen molar-refractivity contribution in [3.05, 3.63) is 23.4 Å². The van der Waals surface area contributed by atoms with E-state index in [9.17, 15) is 0 Å². The van der Waals surface area contributed by atoms with E-state index in [0.717, 1.165) is 37.8 Å². The molecule has 3 heterocycles. The molecule has 0 aromatic carbocycles. The van der Waals surface area contributed by atoms with E-state index in [1.807, 2.05) is 19.2 Å². The van der Waals surface area contributed by atoms with Gasteiger partial charge in [0.1, 0.15) is 5.82 Å². The third-order valence-corrected chi connectivity index (χ3v) is 5.93. The molecule has 2 aliphatic heterocycles. The smallest absolute Gasteiger partial charge is 0.191 e. The van der Waals surface area contributed by atoms with Gasteiger partial charge in [0, 0.05) is 51.5 Å². The zero-order valence-electron chi connectivity index (χ0n) is 16.8. The Hall–Kier alpha value is -1.53. The number of aliphatic imine (C=N–C) groups is 1. The molecule has 2 N–H and O–H groups in total. The molecule has 2 saturated heterocycles. The first-order valence-electron chi connectivity index (χ1n) is 10.1. The van der Waals surface area contributed by atoms with Crippen LogP contribution in [-0.2, 0) is 0 Å². The number of piperidine rings is 1. The highest BCUT2D eigenvalue weighted by molar-refractivity contribution is 6.32. The Labute approximate surface area is 168 Å². The average molecular weight is 393 g/mol. The first-order valence-corrected chi connectivity index (χ1v) is 10.5. The van der Waals surface area contributed by atoms with Crippen LogP contribution in [0.25, 0.3) is 0 Å². The van der Waals surface area contributed by atoms with Crippen molar-refractivity contribution in [3.63, 3.8) is 0 Å². The Morgan fingerprint density at radius 2 is 2.19 bits per heavy atom. The Morgan fingerprint density at radius 3 is 2.93 bits per heavy atom. The van der Waals surface area contributed by atoms with Gasteiger partial charge in [0.25, 0.3) is 0 Å². The highest BCUT2D eigenvalue weighted by Crippen LogP contribution is 2.25. The average Bonchev–Trinajstić information content (AvgIpc) is 3.14. The minimum absolute atomic E-state index is 0.354. The first kappa shape index (κ1) is 20.2. The SMILES string of the molecule is CN=C(NCC1CCCN(C(C)C)C1)NC1CCN(c2ncccc2Cl)C1. The summed E-state index contributed by atoms with van der Waals surface area (Å²) in [5, 5.41) is 7.83. The second-order valence-corrected chi connectivity index (χ2v) is 8.34. The monoisotopic (exact) mass is 392 g/mol. The Kier molecular flexibility index (Phi) is 7.19. The molecule has 0 aliphatic carbocycles. The van der Waals surface area contributed by atoms with Crippen molar-refractivity contribution in [3.8, 4) is 0 Å². The summed E-state index contributed by atoms with van der Waals surface area (Å²) in [4.78, 5) is 13.7. The lowest BCUT2D eigenvalue weighted by atomic mass is 9.97. The zero-order valence-corrected chi connectivity index (χ0v) is 17.5. The largest absolute Gasteiger partial charge is 0.356 e. The number of hydrogen-bond donors (Lipinski definition) is 2. The molecule has 6 nitrogen and oxygen atoms in total. The maximum atomic E-state index is 6.29. The van der Waals surface area contributed by atoms with Gasteiger partial charge >= 0.3 is 0 Å². The van der Waals surface area contributed by atoms with Crippen molar-refractivity contribution in [1.29, 1.82) is 0 Å². The summed E-state index contributed by atoms with van der Waals surface area (Å²) in [5.41, 5.74) is 0. The van der Waals surface area contributed by atoms with Gasteiger partial charge in [-0.05, 0) is 57.7 Å². The van der Waals surface area contributed by atoms with E-state index in [4.69, 9.17) is 11.6 Å². The molecule has 150 valence electrons. The van der Waals surface area contributed by atoms with E-state index in [-0.39, 0.29) is 0 Å². The van der Waals surface area contributed by atoms with Crippen LogP contribution in [-0.4, -0.2) is 67.7 Å². The molecule has 0 spiro atoms. The van der Waals surface area contributed by atoms with E-state index >= 15 is 0 Å². The molecule has 1 aromatic rings. The van der Waals surface area contributed by atoms with Crippen molar-refractivity contribution >= 4 is 23.4 Å². The van der Waals surface area contributed by atoms with E-state index in [1.54, 1.807) is 6.20 Å². The highest BCUT2D eigenvalue weighted by Gasteiger charge is 2.26. The number of nitrogens with one attached hydrogen (secondary N) is 2. The third-order valence-electron chi connectivity index (χ3n) is 5.63. The summed E-state index contributed by atoms with van der Waals surface area (Å²) in [7, 11) is 1.85. The summed E-state index contributed by atoms with van der Waals surface area (Å²) in [5.74, 6) is 2.46. The number of aromatic nitrogens is 1. The van der Waals surface area contributed by atoms with Crippen LogP contribution in [0.15, 0.2) is 23.3 Å². The molecule has 0 saturated carbocycles. The third kappa shape index (κ3) is 5.48. The summed E-state index contributed by atoms with van der Waals surface area (Å²) in [6, 6.07) is 4.76. The Bertz CT molecular complexity index is 635. The molecule has 27 heavy (non-hydrogen) atoms. The molecule has 0 radical (unpaired) electrons. The maximum absolute atomic E-state index is 6.29. The molecule has 2 atom stereocenters. The normalized spacial score (nSPS) is 24.5. The van der Waals surface area contributed by atoms with Gasteiger partial charge in [-0.15, -0.1) is 0 Å². The van der Waals surface area contributed by atoms with Crippen LogP contribution >= 0.6 is 11.6 Å². The lowest BCUT2D eigenvalue weighted by molar-refractivity contribution is 0.141. The van der Waals surface area contributed by atoms with Crippen molar-refractivity contribution in [1.82, 2.24) is 20.5 Å². The van der Waals surface area contributed by atoms with Crippen LogP contribution in [0.1, 0.15) is 33.1 Å². The van der Waals surface area contributed by atoms with Crippen LogP contribution in [0.2, 0.25) is 5.02 Å². The lowest BCUT2D eigenvalue weighted by Gasteiger charge is -2.35. The van der Waals surface area contributed by atoms with Crippen LogP contribution in [0.5, 0.6) is 0 Å². The van der Waals surface area contributed by atoms with Crippen molar-refractivity contribution < 1.29 is 0 Å². The predicted octanol–water partition coefficient (Wildman–Crippen LogP) is 2.60. The fourth-order valence-electron chi connectivity index (χ4n) is 4.04. The maximum Gasteiger partial charge on any atom is 0.191 e.